The molecule has 0 saturated heterocycles. The Hall–Kier alpha value is -4.25. The van der Waals surface area contributed by atoms with Gasteiger partial charge in [-0.25, -0.2) is 24.9 Å². The van der Waals surface area contributed by atoms with E-state index in [0.29, 0.717) is 12.8 Å². The molecule has 0 fully saturated rings. The van der Waals surface area contributed by atoms with Gasteiger partial charge in [0.1, 0.15) is 23.3 Å². The summed E-state index contributed by atoms with van der Waals surface area (Å²) in [5.74, 6) is 3.03. The van der Waals surface area contributed by atoms with Crippen LogP contribution in [0.2, 0.25) is 0 Å². The highest BCUT2D eigenvalue weighted by Crippen LogP contribution is 2.37. The van der Waals surface area contributed by atoms with Crippen molar-refractivity contribution in [3.63, 3.8) is 0 Å². The fourth-order valence-corrected chi connectivity index (χ4v) is 5.09. The van der Waals surface area contributed by atoms with Crippen molar-refractivity contribution in [1.82, 2.24) is 24.9 Å². The third-order valence-corrected chi connectivity index (χ3v) is 6.57. The molecule has 0 bridgehead atoms. The molecule has 5 heteroatoms. The Bertz CT molecular complexity index is 1540. The van der Waals surface area contributed by atoms with E-state index in [2.05, 4.69) is 87.7 Å². The average Bonchev–Trinajstić information content (AvgIpc) is 3.22. The van der Waals surface area contributed by atoms with Crippen LogP contribution >= 0.6 is 0 Å². The molecule has 1 aliphatic carbocycles. The minimum absolute atomic E-state index is 0.557. The molecule has 5 nitrogen and oxygen atoms in total. The van der Waals surface area contributed by atoms with Crippen molar-refractivity contribution < 1.29 is 0 Å². The zero-order valence-corrected chi connectivity index (χ0v) is 20.6. The van der Waals surface area contributed by atoms with Gasteiger partial charge >= 0.3 is 0 Å². The molecule has 0 saturated carbocycles. The maximum Gasteiger partial charge on any atom is 0.138 e. The summed E-state index contributed by atoms with van der Waals surface area (Å²) in [5.41, 5.74) is 9.92. The molecule has 2 aromatic heterocycles. The van der Waals surface area contributed by atoms with Crippen LogP contribution in [0.25, 0.3) is 11.1 Å². The van der Waals surface area contributed by atoms with Crippen LogP contribution in [-0.4, -0.2) is 24.9 Å². The van der Waals surface area contributed by atoms with E-state index in [4.69, 9.17) is 9.97 Å². The Balaban J connectivity index is 1.32. The van der Waals surface area contributed by atoms with Gasteiger partial charge in [0.2, 0.25) is 0 Å². The molecule has 0 atom stereocenters. The number of benzene rings is 3. The fraction of sp³-hybridized carbons (Fsp3) is 0.194. The molecule has 1 aliphatic rings. The minimum Gasteiger partial charge on any atom is -0.237 e. The van der Waals surface area contributed by atoms with Gasteiger partial charge in [0.15, 0.2) is 0 Å². The van der Waals surface area contributed by atoms with Crippen molar-refractivity contribution in [3.05, 3.63) is 136 Å². The topological polar surface area (TPSA) is 64.5 Å². The predicted molar refractivity (Wildman–Crippen MR) is 141 cm³/mol. The molecule has 176 valence electrons. The van der Waals surface area contributed by atoms with Gasteiger partial charge in [-0.3, -0.25) is 0 Å². The number of rotatable bonds is 6. The van der Waals surface area contributed by atoms with Crippen molar-refractivity contribution in [2.24, 2.45) is 0 Å². The Morgan fingerprint density at radius 2 is 1.19 bits per heavy atom. The lowest BCUT2D eigenvalue weighted by molar-refractivity contribution is 0.813. The Labute approximate surface area is 211 Å². The van der Waals surface area contributed by atoms with Crippen LogP contribution in [0.5, 0.6) is 0 Å². The third kappa shape index (κ3) is 4.78. The van der Waals surface area contributed by atoms with Crippen LogP contribution in [0.4, 0.5) is 0 Å². The van der Waals surface area contributed by atoms with E-state index >= 15 is 0 Å². The molecule has 0 radical (unpaired) electrons. The summed E-state index contributed by atoms with van der Waals surface area (Å²) in [6.07, 6.45) is 3.00. The van der Waals surface area contributed by atoms with Crippen LogP contribution in [0.1, 0.15) is 56.9 Å². The summed E-state index contributed by atoms with van der Waals surface area (Å²) in [5, 5.41) is 0. The average molecular weight is 470 g/mol. The first-order chi connectivity index (χ1) is 17.6. The summed E-state index contributed by atoms with van der Waals surface area (Å²) in [4.78, 5) is 23.2. The molecule has 2 heterocycles. The van der Waals surface area contributed by atoms with Crippen LogP contribution in [0.15, 0.2) is 78.9 Å². The van der Waals surface area contributed by atoms with Crippen molar-refractivity contribution in [2.45, 2.75) is 39.5 Å². The highest BCUT2D eigenvalue weighted by molar-refractivity contribution is 5.77. The highest BCUT2D eigenvalue weighted by atomic mass is 15.0. The first-order valence-corrected chi connectivity index (χ1v) is 12.4. The lowest BCUT2D eigenvalue weighted by atomic mass is 10.0. The third-order valence-electron chi connectivity index (χ3n) is 6.57. The molecule has 0 N–H and O–H groups in total. The minimum atomic E-state index is 0.557. The molecule has 36 heavy (non-hydrogen) atoms. The van der Waals surface area contributed by atoms with Crippen LogP contribution < -0.4 is 0 Å². The smallest absolute Gasteiger partial charge is 0.138 e. The SMILES string of the molecule is Cc1nc(C)nc(Cc2cc(Cc3ccc4c(c3)Cc3ccccc3-4)nc(Cc3ccccc3)n2)n1. The maximum absolute atomic E-state index is 4.97. The van der Waals surface area contributed by atoms with E-state index in [-0.39, 0.29) is 0 Å². The largest absolute Gasteiger partial charge is 0.237 e. The quantitative estimate of drug-likeness (QED) is 0.317. The lowest BCUT2D eigenvalue weighted by Crippen LogP contribution is -2.09. The Kier molecular flexibility index (Phi) is 5.82. The van der Waals surface area contributed by atoms with Gasteiger partial charge in [0, 0.05) is 18.5 Å². The number of nitrogens with zero attached hydrogens (tertiary/aromatic N) is 5. The van der Waals surface area contributed by atoms with Gasteiger partial charge in [0.25, 0.3) is 0 Å². The van der Waals surface area contributed by atoms with E-state index in [9.17, 15) is 0 Å². The van der Waals surface area contributed by atoms with Gasteiger partial charge in [0.05, 0.1) is 12.1 Å². The lowest BCUT2D eigenvalue weighted by Gasteiger charge is -2.10. The molecule has 3 aromatic carbocycles. The fourth-order valence-electron chi connectivity index (χ4n) is 5.09. The number of hydrogen-bond acceptors (Lipinski definition) is 5. The highest BCUT2D eigenvalue weighted by Gasteiger charge is 2.18. The van der Waals surface area contributed by atoms with Crippen molar-refractivity contribution >= 4 is 0 Å². The van der Waals surface area contributed by atoms with Gasteiger partial charge in [-0.2, -0.15) is 0 Å². The Morgan fingerprint density at radius 3 is 2.00 bits per heavy atom. The van der Waals surface area contributed by atoms with Crippen molar-refractivity contribution in [2.75, 3.05) is 0 Å². The van der Waals surface area contributed by atoms with E-state index in [1.807, 2.05) is 19.9 Å². The van der Waals surface area contributed by atoms with Gasteiger partial charge < -0.3 is 0 Å². The molecule has 5 aromatic rings. The summed E-state index contributed by atoms with van der Waals surface area (Å²) in [6, 6.07) is 28.0. The summed E-state index contributed by atoms with van der Waals surface area (Å²) in [6.45, 7) is 3.80. The molecule has 0 aliphatic heterocycles. The number of fused-ring (bicyclic) bond motifs is 3. The molecule has 0 amide bonds. The molecule has 0 spiro atoms. The van der Waals surface area contributed by atoms with Crippen LogP contribution in [0, 0.1) is 13.8 Å². The molecule has 0 unspecified atom stereocenters. The van der Waals surface area contributed by atoms with E-state index in [0.717, 1.165) is 47.5 Å². The molecular weight excluding hydrogens is 442 g/mol. The maximum atomic E-state index is 4.97. The second-order valence-electron chi connectivity index (χ2n) is 9.45. The predicted octanol–water partition coefficient (Wildman–Crippen LogP) is 5.62. The second kappa shape index (κ2) is 9.42. The monoisotopic (exact) mass is 469 g/mol. The number of aromatic nitrogens is 5. The summed E-state index contributed by atoms with van der Waals surface area (Å²) in [7, 11) is 0. The normalized spacial score (nSPS) is 11.8. The number of hydrogen-bond donors (Lipinski definition) is 0. The van der Waals surface area contributed by atoms with Gasteiger partial charge in [-0.15, -0.1) is 0 Å². The summed E-state index contributed by atoms with van der Waals surface area (Å²) >= 11 is 0. The zero-order chi connectivity index (χ0) is 24.5. The van der Waals surface area contributed by atoms with Crippen LogP contribution in [0.3, 0.4) is 0 Å². The van der Waals surface area contributed by atoms with Gasteiger partial charge in [-0.1, -0.05) is 72.8 Å². The standard InChI is InChI=1S/C31H27N5/c1-20-32-21(2)34-31(33-20)19-27-18-26(35-30(36-27)16-22-8-4-3-5-9-22)15-23-12-13-29-25(14-23)17-24-10-6-7-11-28(24)29/h3-14,18H,15-17,19H2,1-2H3. The molecule has 6 rings (SSSR count). The van der Waals surface area contributed by atoms with E-state index in [1.165, 1.54) is 33.4 Å². The van der Waals surface area contributed by atoms with E-state index < -0.39 is 0 Å². The first kappa shape index (κ1) is 22.2. The zero-order valence-electron chi connectivity index (χ0n) is 20.6. The number of aryl methyl sites for hydroxylation is 2. The summed E-state index contributed by atoms with van der Waals surface area (Å²) < 4.78 is 0. The first-order valence-electron chi connectivity index (χ1n) is 12.4. The van der Waals surface area contributed by atoms with Crippen LogP contribution in [-0.2, 0) is 25.7 Å². The molecular formula is C31H27N5. The van der Waals surface area contributed by atoms with Crippen molar-refractivity contribution in [1.29, 1.82) is 0 Å². The second-order valence-corrected chi connectivity index (χ2v) is 9.45. The van der Waals surface area contributed by atoms with Crippen molar-refractivity contribution in [3.8, 4) is 11.1 Å². The Morgan fingerprint density at radius 1 is 0.528 bits per heavy atom. The van der Waals surface area contributed by atoms with Gasteiger partial charge in [-0.05, 0) is 59.7 Å². The van der Waals surface area contributed by atoms with E-state index in [1.54, 1.807) is 0 Å².